The molecule has 2 aliphatic heterocycles. The first-order valence-electron chi connectivity index (χ1n) is 13.9. The van der Waals surface area contributed by atoms with Crippen molar-refractivity contribution < 1.29 is 0 Å². The lowest BCUT2D eigenvalue weighted by Crippen LogP contribution is -2.28. The van der Waals surface area contributed by atoms with Crippen molar-refractivity contribution in [2.75, 3.05) is 20.1 Å². The van der Waals surface area contributed by atoms with Gasteiger partial charge in [0.2, 0.25) is 0 Å². The lowest BCUT2D eigenvalue weighted by Gasteiger charge is -2.36. The third kappa shape index (κ3) is 4.10. The van der Waals surface area contributed by atoms with E-state index in [9.17, 15) is 0 Å². The molecule has 5 heteroatoms. The first kappa shape index (κ1) is 24.7. The predicted molar refractivity (Wildman–Crippen MR) is 158 cm³/mol. The molecule has 4 aliphatic rings. The van der Waals surface area contributed by atoms with Crippen LogP contribution in [0.3, 0.4) is 0 Å². The number of hydrogen-bond acceptors (Lipinski definition) is 5. The largest absolute Gasteiger partial charge is 0.383 e. The standard InChI is InChI=1S/C33H39N5/c1-19-10-11-26-23(5)38-18-30-29(17-36-21(3)16-35-20(2)15-34-6)28-12-24-8-7-9-25(24)13-31(28)37-33(30)32(38)14-27(26)22(19)4/h12-14,22,34-36H,1-3,5,7-11,15-18H2,4,6H3. The molecule has 5 nitrogen and oxygen atoms in total. The van der Waals surface area contributed by atoms with E-state index in [0.29, 0.717) is 19.0 Å². The van der Waals surface area contributed by atoms with E-state index in [1.54, 1.807) is 0 Å². The quantitative estimate of drug-likeness (QED) is 0.407. The smallest absolute Gasteiger partial charge is 0.0927 e. The number of likely N-dealkylation sites (N-methyl/N-ethyl adjacent to an activating group) is 1. The number of nitrogens with zero attached hydrogens (tertiary/aromatic N) is 2. The number of pyridine rings is 1. The Labute approximate surface area is 226 Å². The molecule has 38 heavy (non-hydrogen) atoms. The maximum atomic E-state index is 5.32. The fraction of sp³-hybridized carbons (Fsp3) is 0.364. The Balaban J connectivity index is 1.39. The zero-order chi connectivity index (χ0) is 26.6. The van der Waals surface area contributed by atoms with Gasteiger partial charge in [-0.2, -0.15) is 0 Å². The molecule has 0 spiro atoms. The van der Waals surface area contributed by atoms with Gasteiger partial charge in [-0.15, -0.1) is 0 Å². The highest BCUT2D eigenvalue weighted by molar-refractivity contribution is 5.90. The number of nitrogens with one attached hydrogen (secondary N) is 3. The van der Waals surface area contributed by atoms with E-state index in [-0.39, 0.29) is 0 Å². The van der Waals surface area contributed by atoms with Crippen LogP contribution in [-0.4, -0.2) is 30.0 Å². The normalized spacial score (nSPS) is 19.7. The second-order valence-electron chi connectivity index (χ2n) is 11.2. The zero-order valence-electron chi connectivity index (χ0n) is 22.9. The molecule has 3 N–H and O–H groups in total. The number of benzene rings is 1. The van der Waals surface area contributed by atoms with Crippen LogP contribution in [0.2, 0.25) is 0 Å². The van der Waals surface area contributed by atoms with E-state index in [2.05, 4.69) is 72.3 Å². The van der Waals surface area contributed by atoms with Crippen LogP contribution in [0.4, 0.5) is 0 Å². The number of aromatic nitrogens is 1. The van der Waals surface area contributed by atoms with Gasteiger partial charge >= 0.3 is 0 Å². The van der Waals surface area contributed by atoms with Gasteiger partial charge in [0.15, 0.2) is 0 Å². The molecule has 1 atom stereocenters. The minimum absolute atomic E-state index is 0.354. The molecule has 0 saturated carbocycles. The Morgan fingerprint density at radius 3 is 2.58 bits per heavy atom. The van der Waals surface area contributed by atoms with Crippen molar-refractivity contribution in [1.82, 2.24) is 25.8 Å². The van der Waals surface area contributed by atoms with Gasteiger partial charge in [0, 0.05) is 47.0 Å². The molecule has 0 radical (unpaired) electrons. The molecule has 0 fully saturated rings. The maximum Gasteiger partial charge on any atom is 0.0927 e. The summed E-state index contributed by atoms with van der Waals surface area (Å²) in [6, 6.07) is 4.75. The van der Waals surface area contributed by atoms with E-state index >= 15 is 0 Å². The van der Waals surface area contributed by atoms with Gasteiger partial charge in [-0.3, -0.25) is 0 Å². The van der Waals surface area contributed by atoms with Crippen LogP contribution in [-0.2, 0) is 25.9 Å². The van der Waals surface area contributed by atoms with Crippen molar-refractivity contribution in [2.24, 2.45) is 5.92 Å². The number of hydrogen-bond donors (Lipinski definition) is 3. The van der Waals surface area contributed by atoms with Crippen LogP contribution >= 0.6 is 0 Å². The Morgan fingerprint density at radius 1 is 1.03 bits per heavy atom. The number of rotatable bonds is 8. The topological polar surface area (TPSA) is 52.2 Å². The predicted octanol–water partition coefficient (Wildman–Crippen LogP) is 5.62. The fourth-order valence-corrected chi connectivity index (χ4v) is 6.53. The van der Waals surface area contributed by atoms with Crippen LogP contribution in [0.25, 0.3) is 16.6 Å². The van der Waals surface area contributed by atoms with E-state index < -0.39 is 0 Å². The molecule has 2 aromatic rings. The second kappa shape index (κ2) is 9.63. The average Bonchev–Trinajstić information content (AvgIpc) is 3.51. The molecule has 1 unspecified atom stereocenters. The molecular weight excluding hydrogens is 466 g/mol. The molecule has 2 aliphatic carbocycles. The third-order valence-corrected chi connectivity index (χ3v) is 8.81. The summed E-state index contributed by atoms with van der Waals surface area (Å²) < 4.78 is 0. The van der Waals surface area contributed by atoms with Gasteiger partial charge in [0.25, 0.3) is 0 Å². The highest BCUT2D eigenvalue weighted by atomic mass is 15.2. The van der Waals surface area contributed by atoms with Crippen LogP contribution in [0, 0.1) is 5.92 Å². The SMILES string of the molecule is C=C(CNC)NCC(=C)NCc1c2c(nc3cc4c(cc13)CCC4)C1=CC3=C(CCC(=C)C3C)C(=C)N1C2. The molecule has 196 valence electrons. The highest BCUT2D eigenvalue weighted by Gasteiger charge is 2.37. The first-order chi connectivity index (χ1) is 18.4. The van der Waals surface area contributed by atoms with Crippen molar-refractivity contribution in [3.05, 3.63) is 106 Å². The Hall–Kier alpha value is -3.57. The molecular formula is C33H39N5. The summed E-state index contributed by atoms with van der Waals surface area (Å²) in [5.74, 6) is 0.354. The van der Waals surface area contributed by atoms with Crippen molar-refractivity contribution >= 4 is 16.6 Å². The second-order valence-corrected chi connectivity index (χ2v) is 11.2. The average molecular weight is 506 g/mol. The summed E-state index contributed by atoms with van der Waals surface area (Å²) >= 11 is 0. The summed E-state index contributed by atoms with van der Waals surface area (Å²) in [5.41, 5.74) is 16.1. The van der Waals surface area contributed by atoms with Gasteiger partial charge in [0.05, 0.1) is 30.0 Å². The monoisotopic (exact) mass is 505 g/mol. The van der Waals surface area contributed by atoms with Gasteiger partial charge < -0.3 is 20.9 Å². The summed E-state index contributed by atoms with van der Waals surface area (Å²) in [6.45, 7) is 22.5. The summed E-state index contributed by atoms with van der Waals surface area (Å²) in [7, 11) is 1.92. The minimum Gasteiger partial charge on any atom is -0.383 e. The van der Waals surface area contributed by atoms with Crippen molar-refractivity contribution in [2.45, 2.75) is 52.1 Å². The summed E-state index contributed by atoms with van der Waals surface area (Å²) in [5, 5.41) is 11.4. The van der Waals surface area contributed by atoms with E-state index in [1.807, 2.05) is 7.05 Å². The van der Waals surface area contributed by atoms with Crippen molar-refractivity contribution in [3.63, 3.8) is 0 Å². The lowest BCUT2D eigenvalue weighted by molar-refractivity contribution is 0.494. The van der Waals surface area contributed by atoms with Crippen molar-refractivity contribution in [1.29, 1.82) is 0 Å². The molecule has 0 bridgehead atoms. The zero-order valence-corrected chi connectivity index (χ0v) is 22.9. The molecule has 6 rings (SSSR count). The molecule has 0 amide bonds. The lowest BCUT2D eigenvalue weighted by atomic mass is 9.78. The highest BCUT2D eigenvalue weighted by Crippen LogP contribution is 2.49. The Bertz CT molecular complexity index is 1470. The van der Waals surface area contributed by atoms with Crippen molar-refractivity contribution in [3.8, 4) is 0 Å². The molecule has 0 saturated heterocycles. The summed E-state index contributed by atoms with van der Waals surface area (Å²) in [6.07, 6.45) is 7.99. The molecule has 1 aromatic heterocycles. The molecule has 3 heterocycles. The number of aryl methyl sites for hydroxylation is 2. The fourth-order valence-electron chi connectivity index (χ4n) is 6.53. The van der Waals surface area contributed by atoms with Gasteiger partial charge in [-0.05, 0) is 85.2 Å². The Kier molecular flexibility index (Phi) is 6.27. The number of allylic oxidation sites excluding steroid dienone is 4. The summed E-state index contributed by atoms with van der Waals surface area (Å²) in [4.78, 5) is 7.72. The molecule has 1 aromatic carbocycles. The number of fused-ring (bicyclic) bond motifs is 5. The van der Waals surface area contributed by atoms with Gasteiger partial charge in [-0.25, -0.2) is 4.98 Å². The minimum atomic E-state index is 0.354. The van der Waals surface area contributed by atoms with E-state index in [0.717, 1.165) is 67.1 Å². The van der Waals surface area contributed by atoms with Gasteiger partial charge in [-0.1, -0.05) is 38.8 Å². The Morgan fingerprint density at radius 2 is 1.79 bits per heavy atom. The van der Waals surface area contributed by atoms with Crippen LogP contribution in [0.15, 0.2) is 78.3 Å². The van der Waals surface area contributed by atoms with E-state index in [4.69, 9.17) is 4.98 Å². The first-order valence-corrected chi connectivity index (χ1v) is 13.9. The maximum absolute atomic E-state index is 5.32. The third-order valence-electron chi connectivity index (χ3n) is 8.81. The van der Waals surface area contributed by atoms with Crippen LogP contribution in [0.5, 0.6) is 0 Å². The van der Waals surface area contributed by atoms with E-state index in [1.165, 1.54) is 56.5 Å². The van der Waals surface area contributed by atoms with Crippen LogP contribution in [0.1, 0.15) is 54.1 Å². The van der Waals surface area contributed by atoms with Crippen LogP contribution < -0.4 is 16.0 Å². The van der Waals surface area contributed by atoms with Gasteiger partial charge in [0.1, 0.15) is 0 Å².